The van der Waals surface area contributed by atoms with Crippen LogP contribution in [-0.2, 0) is 11.2 Å². The van der Waals surface area contributed by atoms with Crippen molar-refractivity contribution in [2.24, 2.45) is 22.1 Å². The van der Waals surface area contributed by atoms with Gasteiger partial charge >= 0.3 is 0 Å². The predicted molar refractivity (Wildman–Crippen MR) is 160 cm³/mol. The van der Waals surface area contributed by atoms with E-state index in [1.165, 1.54) is 57.0 Å². The minimum atomic E-state index is -0.155. The summed E-state index contributed by atoms with van der Waals surface area (Å²) in [4.78, 5) is 14.6. The van der Waals surface area contributed by atoms with Crippen LogP contribution in [0.1, 0.15) is 104 Å². The van der Waals surface area contributed by atoms with E-state index in [2.05, 4.69) is 64.6 Å². The molecule has 0 fully saturated rings. The number of nitrogens with one attached hydrogen (secondary N) is 1. The molecule has 1 heterocycles. The number of hydrogen-bond donors (Lipinski definition) is 1. The Morgan fingerprint density at radius 2 is 1.68 bits per heavy atom. The second-order valence-electron chi connectivity index (χ2n) is 10.1. The Morgan fingerprint density at radius 3 is 2.18 bits per heavy atom. The molecule has 0 aliphatic heterocycles. The van der Waals surface area contributed by atoms with Gasteiger partial charge < -0.3 is 10.2 Å². The molecular weight excluding hydrogens is 492 g/mol. The van der Waals surface area contributed by atoms with Crippen LogP contribution in [-0.4, -0.2) is 23.4 Å². The molecule has 0 aliphatic rings. The summed E-state index contributed by atoms with van der Waals surface area (Å²) in [5.74, 6) is 1.11. The van der Waals surface area contributed by atoms with Crippen molar-refractivity contribution in [3.63, 3.8) is 0 Å². The maximum atomic E-state index is 12.1. The zero-order valence-corrected chi connectivity index (χ0v) is 25.0. The highest BCUT2D eigenvalue weighted by Gasteiger charge is 2.19. The SMILES string of the molecule is CCCCC(CC)CN(CC(CC)CCCC)c1ccc(N=Nc2snc(CC)c2C#N)c(NC(C)=O)c1. The lowest BCUT2D eigenvalue weighted by atomic mass is 9.95. The topological polar surface area (TPSA) is 93.7 Å². The zero-order valence-electron chi connectivity index (χ0n) is 24.2. The van der Waals surface area contributed by atoms with Crippen molar-refractivity contribution in [2.75, 3.05) is 23.3 Å². The lowest BCUT2D eigenvalue weighted by Crippen LogP contribution is -2.34. The van der Waals surface area contributed by atoms with E-state index in [1.807, 2.05) is 19.1 Å². The molecule has 0 spiro atoms. The summed E-state index contributed by atoms with van der Waals surface area (Å²) in [6.07, 6.45) is 10.4. The van der Waals surface area contributed by atoms with Crippen molar-refractivity contribution in [2.45, 2.75) is 99.3 Å². The Kier molecular flexibility index (Phi) is 14.0. The minimum absolute atomic E-state index is 0.155. The number of aromatic nitrogens is 1. The number of nitrogens with zero attached hydrogens (tertiary/aromatic N) is 5. The molecule has 0 saturated carbocycles. The zero-order chi connectivity index (χ0) is 27.9. The summed E-state index contributed by atoms with van der Waals surface area (Å²) in [6, 6.07) is 8.24. The number of benzene rings is 1. The monoisotopic (exact) mass is 538 g/mol. The molecule has 2 unspecified atom stereocenters. The van der Waals surface area contributed by atoms with Gasteiger partial charge in [0.2, 0.25) is 5.91 Å². The van der Waals surface area contributed by atoms with E-state index in [9.17, 15) is 10.1 Å². The second-order valence-corrected chi connectivity index (χ2v) is 10.8. The predicted octanol–water partition coefficient (Wildman–Crippen LogP) is 9.19. The summed E-state index contributed by atoms with van der Waals surface area (Å²) < 4.78 is 4.33. The molecule has 0 bridgehead atoms. The Morgan fingerprint density at radius 1 is 1.05 bits per heavy atom. The quantitative estimate of drug-likeness (QED) is 0.203. The fourth-order valence-corrected chi connectivity index (χ4v) is 5.42. The number of unbranched alkanes of at least 4 members (excludes halogenated alkanes) is 2. The van der Waals surface area contributed by atoms with Gasteiger partial charge in [-0.2, -0.15) is 9.64 Å². The van der Waals surface area contributed by atoms with E-state index in [0.29, 0.717) is 40.2 Å². The summed E-state index contributed by atoms with van der Waals surface area (Å²) in [5.41, 5.74) is 3.50. The Labute approximate surface area is 233 Å². The van der Waals surface area contributed by atoms with E-state index in [-0.39, 0.29) is 5.91 Å². The smallest absolute Gasteiger partial charge is 0.221 e. The Bertz CT molecular complexity index is 1060. The number of nitriles is 1. The van der Waals surface area contributed by atoms with Crippen LogP contribution in [0.5, 0.6) is 0 Å². The first-order chi connectivity index (χ1) is 18.4. The second kappa shape index (κ2) is 16.9. The summed E-state index contributed by atoms with van der Waals surface area (Å²) >= 11 is 1.18. The third-order valence-corrected chi connectivity index (χ3v) is 7.91. The average Bonchev–Trinajstić information content (AvgIpc) is 3.33. The number of amides is 1. The fraction of sp³-hybridized carbons (Fsp3) is 0.633. The molecule has 38 heavy (non-hydrogen) atoms. The van der Waals surface area contributed by atoms with Crippen molar-refractivity contribution >= 4 is 39.5 Å². The highest BCUT2D eigenvalue weighted by Crippen LogP contribution is 2.35. The number of hydrogen-bond acceptors (Lipinski definition) is 7. The molecule has 8 heteroatoms. The highest BCUT2D eigenvalue weighted by molar-refractivity contribution is 7.10. The van der Waals surface area contributed by atoms with Gasteiger partial charge in [0.1, 0.15) is 17.3 Å². The third-order valence-electron chi connectivity index (χ3n) is 7.14. The van der Waals surface area contributed by atoms with Crippen molar-refractivity contribution in [3.05, 3.63) is 29.5 Å². The van der Waals surface area contributed by atoms with Crippen LogP contribution < -0.4 is 10.2 Å². The summed E-state index contributed by atoms with van der Waals surface area (Å²) in [6.45, 7) is 14.6. The average molecular weight is 539 g/mol. The van der Waals surface area contributed by atoms with Crippen LogP contribution in [0, 0.1) is 23.2 Å². The van der Waals surface area contributed by atoms with Crippen LogP contribution in [0.25, 0.3) is 0 Å². The van der Waals surface area contributed by atoms with Crippen LogP contribution in [0.15, 0.2) is 28.4 Å². The van der Waals surface area contributed by atoms with Gasteiger partial charge in [-0.1, -0.05) is 73.1 Å². The molecule has 208 valence electrons. The molecule has 1 aromatic carbocycles. The van der Waals surface area contributed by atoms with Gasteiger partial charge in [0.25, 0.3) is 0 Å². The summed E-state index contributed by atoms with van der Waals surface area (Å²) in [7, 11) is 0. The van der Waals surface area contributed by atoms with Crippen LogP contribution in [0.4, 0.5) is 22.1 Å². The number of anilines is 2. The van der Waals surface area contributed by atoms with Gasteiger partial charge in [-0.25, -0.2) is 0 Å². The number of carbonyl (C=O) groups excluding carboxylic acids is 1. The summed E-state index contributed by atoms with van der Waals surface area (Å²) in [5, 5.41) is 21.8. The van der Waals surface area contributed by atoms with E-state index in [0.717, 1.165) is 37.3 Å². The van der Waals surface area contributed by atoms with Gasteiger partial charge in [-0.3, -0.25) is 4.79 Å². The molecule has 7 nitrogen and oxygen atoms in total. The highest BCUT2D eigenvalue weighted by atomic mass is 32.1. The molecular formula is C30H46N6OS. The molecule has 0 aliphatic carbocycles. The van der Waals surface area contributed by atoms with Crippen molar-refractivity contribution in [1.82, 2.24) is 4.37 Å². The fourth-order valence-electron chi connectivity index (χ4n) is 4.68. The van der Waals surface area contributed by atoms with Gasteiger partial charge in [0, 0.05) is 25.7 Å². The van der Waals surface area contributed by atoms with E-state index >= 15 is 0 Å². The molecule has 0 radical (unpaired) electrons. The van der Waals surface area contributed by atoms with E-state index in [1.54, 1.807) is 0 Å². The lowest BCUT2D eigenvalue weighted by molar-refractivity contribution is -0.114. The number of rotatable bonds is 17. The Hall–Kier alpha value is -2.79. The van der Waals surface area contributed by atoms with Crippen LogP contribution in [0.2, 0.25) is 0 Å². The number of azo groups is 1. The minimum Gasteiger partial charge on any atom is -0.371 e. The van der Waals surface area contributed by atoms with E-state index in [4.69, 9.17) is 0 Å². The van der Waals surface area contributed by atoms with Crippen LogP contribution >= 0.6 is 11.5 Å². The first kappa shape index (κ1) is 31.4. The molecule has 2 atom stereocenters. The largest absolute Gasteiger partial charge is 0.371 e. The van der Waals surface area contributed by atoms with Crippen molar-refractivity contribution < 1.29 is 4.79 Å². The normalized spacial score (nSPS) is 12.9. The van der Waals surface area contributed by atoms with Crippen molar-refractivity contribution in [1.29, 1.82) is 5.26 Å². The molecule has 1 N–H and O–H groups in total. The molecule has 1 amide bonds. The van der Waals surface area contributed by atoms with Crippen LogP contribution in [0.3, 0.4) is 0 Å². The van der Waals surface area contributed by atoms with E-state index < -0.39 is 0 Å². The first-order valence-corrected chi connectivity index (χ1v) is 15.1. The number of carbonyl (C=O) groups is 1. The van der Waals surface area contributed by atoms with Crippen molar-refractivity contribution in [3.8, 4) is 6.07 Å². The van der Waals surface area contributed by atoms with Gasteiger partial charge in [-0.05, 0) is 60.8 Å². The van der Waals surface area contributed by atoms with Gasteiger partial charge in [0.15, 0.2) is 5.00 Å². The number of aryl methyl sites for hydroxylation is 1. The maximum absolute atomic E-state index is 12.1. The molecule has 2 rings (SSSR count). The molecule has 2 aromatic rings. The third kappa shape index (κ3) is 9.50. The first-order valence-electron chi connectivity index (χ1n) is 14.4. The standard InChI is InChI=1S/C30H46N6OS/c1-7-12-14-23(9-3)20-36(21-24(10-4)15-13-8-2)25-16-17-28(29(18-25)32-22(6)37)33-34-30-26(19-31)27(11-5)35-38-30/h16-18,23-24H,7-15,20-21H2,1-6H3,(H,32,37). The molecule has 1 aromatic heterocycles. The van der Waals surface area contributed by atoms with Gasteiger partial charge in [0.05, 0.1) is 11.4 Å². The van der Waals surface area contributed by atoms with Gasteiger partial charge in [-0.15, -0.1) is 10.2 Å². The molecule has 0 saturated heterocycles. The lowest BCUT2D eigenvalue weighted by Gasteiger charge is -2.33. The maximum Gasteiger partial charge on any atom is 0.221 e. The Balaban J connectivity index is 2.44.